The van der Waals surface area contributed by atoms with Gasteiger partial charge < -0.3 is 5.73 Å². The van der Waals surface area contributed by atoms with Gasteiger partial charge in [0, 0.05) is 0 Å². The van der Waals surface area contributed by atoms with Crippen LogP contribution in [0.3, 0.4) is 0 Å². The van der Waals surface area contributed by atoms with Crippen molar-refractivity contribution in [2.75, 3.05) is 0 Å². The number of carbonyl (C=O) groups is 1. The fourth-order valence-corrected chi connectivity index (χ4v) is 2.76. The summed E-state index contributed by atoms with van der Waals surface area (Å²) in [6.45, 7) is 1.65. The number of hydrogen-bond acceptors (Lipinski definition) is 6. The molecule has 3 rings (SSSR count). The van der Waals surface area contributed by atoms with Crippen LogP contribution in [0, 0.1) is 0 Å². The van der Waals surface area contributed by atoms with Crippen molar-refractivity contribution in [2.24, 2.45) is 5.73 Å². The van der Waals surface area contributed by atoms with Crippen LogP contribution in [-0.2, 0) is 4.79 Å². The highest BCUT2D eigenvalue weighted by Crippen LogP contribution is 2.23. The normalized spacial score (nSPS) is 12.4. The van der Waals surface area contributed by atoms with Gasteiger partial charge in [-0.3, -0.25) is 9.59 Å². The van der Waals surface area contributed by atoms with Gasteiger partial charge in [-0.25, -0.2) is 14.6 Å². The highest BCUT2D eigenvalue weighted by Gasteiger charge is 2.19. The van der Waals surface area contributed by atoms with Gasteiger partial charge in [0.2, 0.25) is 11.9 Å². The summed E-state index contributed by atoms with van der Waals surface area (Å²) in [5, 5.41) is 6.62. The lowest BCUT2D eigenvalue weighted by molar-refractivity contribution is -0.117. The molecule has 0 spiro atoms. The van der Waals surface area contributed by atoms with Gasteiger partial charge in [0.15, 0.2) is 5.16 Å². The van der Waals surface area contributed by atoms with Crippen LogP contribution in [0.4, 0.5) is 0 Å². The predicted octanol–water partition coefficient (Wildman–Crippen LogP) is 0.470. The van der Waals surface area contributed by atoms with Crippen molar-refractivity contribution in [2.45, 2.75) is 17.3 Å². The molecule has 1 amide bonds. The molecule has 1 atom stereocenters. The first-order valence-corrected chi connectivity index (χ1v) is 7.29. The number of amides is 1. The lowest BCUT2D eigenvalue weighted by Crippen LogP contribution is -2.27. The van der Waals surface area contributed by atoms with Crippen molar-refractivity contribution in [3.05, 3.63) is 40.9 Å². The minimum absolute atomic E-state index is 0.238. The van der Waals surface area contributed by atoms with E-state index >= 15 is 0 Å². The van der Waals surface area contributed by atoms with Crippen molar-refractivity contribution >= 4 is 28.6 Å². The molecule has 0 unspecified atom stereocenters. The molecule has 1 aromatic carbocycles. The van der Waals surface area contributed by atoms with Crippen LogP contribution in [-0.4, -0.2) is 35.9 Å². The maximum atomic E-state index is 12.7. The van der Waals surface area contributed by atoms with Crippen LogP contribution in [0.5, 0.6) is 0 Å². The highest BCUT2D eigenvalue weighted by atomic mass is 32.2. The summed E-state index contributed by atoms with van der Waals surface area (Å²) in [4.78, 5) is 32.4. The molecule has 8 nitrogen and oxygen atoms in total. The number of nitrogens with one attached hydrogen (secondary N) is 1. The molecule has 0 aliphatic rings. The van der Waals surface area contributed by atoms with Crippen molar-refractivity contribution < 1.29 is 4.79 Å². The van der Waals surface area contributed by atoms with E-state index in [0.717, 1.165) is 11.8 Å². The van der Waals surface area contributed by atoms with E-state index in [2.05, 4.69) is 20.2 Å². The Balaban J connectivity index is 2.26. The molecule has 9 heteroatoms. The van der Waals surface area contributed by atoms with Crippen LogP contribution >= 0.6 is 11.8 Å². The highest BCUT2D eigenvalue weighted by molar-refractivity contribution is 8.00. The third-order valence-corrected chi connectivity index (χ3v) is 4.11. The Bertz CT molecular complexity index is 889. The zero-order valence-electron chi connectivity index (χ0n) is 11.6. The van der Waals surface area contributed by atoms with Crippen LogP contribution < -0.4 is 11.3 Å². The topological polar surface area (TPSA) is 120 Å². The van der Waals surface area contributed by atoms with E-state index in [1.807, 2.05) is 0 Å². The van der Waals surface area contributed by atoms with Gasteiger partial charge in [0.25, 0.3) is 5.56 Å². The molecule has 0 fully saturated rings. The van der Waals surface area contributed by atoms with Gasteiger partial charge in [-0.2, -0.15) is 10.1 Å². The molecule has 2 aromatic heterocycles. The summed E-state index contributed by atoms with van der Waals surface area (Å²) in [6.07, 6.45) is 1.29. The summed E-state index contributed by atoms with van der Waals surface area (Å²) in [5.41, 5.74) is 5.55. The predicted molar refractivity (Wildman–Crippen MR) is 81.8 cm³/mol. The lowest BCUT2D eigenvalue weighted by Gasteiger charge is -2.12. The number of H-pyrrole nitrogens is 1. The Morgan fingerprint density at radius 2 is 2.18 bits per heavy atom. The van der Waals surface area contributed by atoms with Gasteiger partial charge in [-0.05, 0) is 19.1 Å². The fraction of sp³-hybridized carbons (Fsp3) is 0.154. The van der Waals surface area contributed by atoms with Crippen molar-refractivity contribution in [1.82, 2.24) is 24.7 Å². The number of aromatic amines is 1. The molecule has 0 aliphatic heterocycles. The SMILES string of the molecule is C[C@H](Sc1nc2ccccc2c(=O)n1-c1ncn[nH]1)C(N)=O. The average molecular weight is 316 g/mol. The molecule has 112 valence electrons. The van der Waals surface area contributed by atoms with Gasteiger partial charge in [0.05, 0.1) is 16.2 Å². The van der Waals surface area contributed by atoms with E-state index in [9.17, 15) is 9.59 Å². The van der Waals surface area contributed by atoms with E-state index in [4.69, 9.17) is 5.73 Å². The first-order valence-electron chi connectivity index (χ1n) is 6.41. The number of para-hydroxylation sites is 1. The molecule has 0 aliphatic carbocycles. The first-order chi connectivity index (χ1) is 10.6. The first kappa shape index (κ1) is 14.3. The van der Waals surface area contributed by atoms with Crippen molar-refractivity contribution in [3.63, 3.8) is 0 Å². The standard InChI is InChI=1S/C13H12N6O2S/c1-7(10(14)20)22-13-17-9-5-3-2-4-8(9)11(21)19(13)12-15-6-16-18-12/h2-7H,1H3,(H2,14,20)(H,15,16,18)/t7-/m0/s1. The maximum Gasteiger partial charge on any atom is 0.269 e. The molecular weight excluding hydrogens is 304 g/mol. The largest absolute Gasteiger partial charge is 0.369 e. The van der Waals surface area contributed by atoms with Crippen LogP contribution in [0.1, 0.15) is 6.92 Å². The third kappa shape index (κ3) is 2.46. The molecule has 0 bridgehead atoms. The fourth-order valence-electron chi connectivity index (χ4n) is 1.90. The molecule has 0 saturated heterocycles. The number of rotatable bonds is 4. The second kappa shape index (κ2) is 5.60. The van der Waals surface area contributed by atoms with E-state index < -0.39 is 11.2 Å². The summed E-state index contributed by atoms with van der Waals surface area (Å²) < 4.78 is 1.29. The minimum Gasteiger partial charge on any atom is -0.369 e. The molecule has 2 heterocycles. The molecule has 0 radical (unpaired) electrons. The minimum atomic E-state index is -0.540. The Labute approximate surface area is 128 Å². The number of nitrogens with two attached hydrogens (primary N) is 1. The quantitative estimate of drug-likeness (QED) is 0.533. The second-order valence-electron chi connectivity index (χ2n) is 4.52. The Kier molecular flexibility index (Phi) is 3.63. The average Bonchev–Trinajstić information content (AvgIpc) is 3.01. The Morgan fingerprint density at radius 1 is 1.41 bits per heavy atom. The molecule has 0 saturated carbocycles. The van der Waals surface area contributed by atoms with E-state index in [1.165, 1.54) is 10.9 Å². The molecule has 22 heavy (non-hydrogen) atoms. The number of primary amides is 1. The number of benzene rings is 1. The van der Waals surface area contributed by atoms with Gasteiger partial charge >= 0.3 is 0 Å². The summed E-state index contributed by atoms with van der Waals surface area (Å²) in [5.74, 6) is -0.251. The van der Waals surface area contributed by atoms with Crippen LogP contribution in [0.15, 0.2) is 40.5 Å². The lowest BCUT2D eigenvalue weighted by atomic mass is 10.2. The van der Waals surface area contributed by atoms with E-state index in [0.29, 0.717) is 16.1 Å². The maximum absolute atomic E-state index is 12.7. The number of fused-ring (bicyclic) bond motifs is 1. The van der Waals surface area contributed by atoms with Crippen LogP contribution in [0.25, 0.3) is 16.9 Å². The Morgan fingerprint density at radius 3 is 2.86 bits per heavy atom. The number of hydrogen-bond donors (Lipinski definition) is 2. The summed E-state index contributed by atoms with van der Waals surface area (Å²) >= 11 is 1.10. The number of carbonyl (C=O) groups excluding carboxylic acids is 1. The smallest absolute Gasteiger partial charge is 0.269 e. The third-order valence-electron chi connectivity index (χ3n) is 3.04. The van der Waals surface area contributed by atoms with Crippen LogP contribution in [0.2, 0.25) is 0 Å². The Hall–Kier alpha value is -2.68. The summed E-state index contributed by atoms with van der Waals surface area (Å²) in [7, 11) is 0. The molecule has 3 N–H and O–H groups in total. The number of aromatic nitrogens is 5. The van der Waals surface area contributed by atoms with E-state index in [-0.39, 0.29) is 11.5 Å². The molecular formula is C13H12N6O2S. The van der Waals surface area contributed by atoms with Crippen molar-refractivity contribution in [1.29, 1.82) is 0 Å². The zero-order valence-corrected chi connectivity index (χ0v) is 12.4. The number of thioether (sulfide) groups is 1. The van der Waals surface area contributed by atoms with E-state index in [1.54, 1.807) is 31.2 Å². The number of nitrogens with zero attached hydrogens (tertiary/aromatic N) is 4. The molecule has 3 aromatic rings. The summed E-state index contributed by atoms with van der Waals surface area (Å²) in [6, 6.07) is 6.97. The second-order valence-corrected chi connectivity index (χ2v) is 5.83. The monoisotopic (exact) mass is 316 g/mol. The van der Waals surface area contributed by atoms with Crippen molar-refractivity contribution in [3.8, 4) is 5.95 Å². The van der Waals surface area contributed by atoms with Gasteiger partial charge in [0.1, 0.15) is 6.33 Å². The van der Waals surface area contributed by atoms with Gasteiger partial charge in [-0.1, -0.05) is 23.9 Å². The van der Waals surface area contributed by atoms with Gasteiger partial charge in [-0.15, -0.1) is 0 Å². The zero-order chi connectivity index (χ0) is 15.7.